The molecule has 64 valence electrons. The molecule has 0 aliphatic heterocycles. The number of carboxylic acids is 1. The maximum atomic E-state index is 10.8. The van der Waals surface area contributed by atoms with Crippen molar-refractivity contribution in [1.82, 2.24) is 0 Å². The predicted octanol–water partition coefficient (Wildman–Crippen LogP) is -1.41. The van der Waals surface area contributed by atoms with E-state index in [1.54, 1.807) is 0 Å². The van der Waals surface area contributed by atoms with Crippen molar-refractivity contribution in [3.63, 3.8) is 0 Å². The van der Waals surface area contributed by atoms with E-state index in [-0.39, 0.29) is 6.42 Å². The Bertz CT molecular complexity index is 296. The van der Waals surface area contributed by atoms with E-state index >= 15 is 0 Å². The lowest BCUT2D eigenvalue weighted by atomic mass is 10.3. The van der Waals surface area contributed by atoms with Crippen molar-refractivity contribution >= 4 is 15.8 Å². The first-order valence-corrected chi connectivity index (χ1v) is 4.95. The zero-order valence-corrected chi connectivity index (χ0v) is 6.76. The molecule has 2 atom stereocenters. The normalized spacial score (nSPS) is 36.7. The fraction of sp³-hybridized carbons (Fsp3) is 0.800. The first kappa shape index (κ1) is 8.48. The van der Waals surface area contributed by atoms with E-state index in [0.29, 0.717) is 0 Å². The average Bonchev–Trinajstić information content (AvgIpc) is 2.41. The Kier molecular flexibility index (Phi) is 1.50. The summed E-state index contributed by atoms with van der Waals surface area (Å²) >= 11 is 0. The molecule has 0 aromatic heterocycles. The van der Waals surface area contributed by atoms with Crippen molar-refractivity contribution in [2.45, 2.75) is 17.2 Å². The lowest BCUT2D eigenvalue weighted by Crippen LogP contribution is -2.38. The van der Waals surface area contributed by atoms with Gasteiger partial charge in [0.05, 0.1) is 5.25 Å². The minimum Gasteiger partial charge on any atom is -0.480 e. The molecule has 1 aliphatic rings. The molecule has 0 aromatic rings. The van der Waals surface area contributed by atoms with E-state index in [2.05, 4.69) is 0 Å². The van der Waals surface area contributed by atoms with Crippen LogP contribution in [0.15, 0.2) is 0 Å². The molecule has 1 saturated carbocycles. The van der Waals surface area contributed by atoms with E-state index in [4.69, 9.17) is 10.8 Å². The van der Waals surface area contributed by atoms with E-state index in [0.717, 1.165) is 6.26 Å². The average molecular weight is 179 g/mol. The van der Waals surface area contributed by atoms with Crippen LogP contribution in [-0.2, 0) is 14.6 Å². The van der Waals surface area contributed by atoms with Gasteiger partial charge in [-0.05, 0) is 6.42 Å². The summed E-state index contributed by atoms with van der Waals surface area (Å²) in [6.45, 7) is 0. The third-order valence-corrected chi connectivity index (χ3v) is 3.47. The number of nitrogens with two attached hydrogens (primary N) is 1. The first-order valence-electron chi connectivity index (χ1n) is 2.99. The molecule has 11 heavy (non-hydrogen) atoms. The first-order chi connectivity index (χ1) is 4.78. The summed E-state index contributed by atoms with van der Waals surface area (Å²) in [5.74, 6) is -1.24. The zero-order valence-electron chi connectivity index (χ0n) is 5.94. The van der Waals surface area contributed by atoms with Crippen molar-refractivity contribution in [1.29, 1.82) is 0 Å². The van der Waals surface area contributed by atoms with Crippen molar-refractivity contribution < 1.29 is 18.3 Å². The Balaban J connectivity index is 2.84. The number of aliphatic carboxylic acids is 1. The molecule has 0 amide bonds. The fourth-order valence-electron chi connectivity index (χ4n) is 1.01. The number of carboxylic acid groups (broad SMARTS) is 1. The standard InChI is InChI=1S/C5H9NO4S/c1-11(9,10)3-2-5(3,6)4(7)8/h3H,2,6H2,1H3,(H,7,8)/t3-,5+/m0/s1. The number of carbonyl (C=O) groups is 1. The van der Waals surface area contributed by atoms with Crippen molar-refractivity contribution in [3.8, 4) is 0 Å². The lowest BCUT2D eigenvalue weighted by molar-refractivity contribution is -0.139. The van der Waals surface area contributed by atoms with Gasteiger partial charge in [-0.25, -0.2) is 8.42 Å². The van der Waals surface area contributed by atoms with Crippen LogP contribution in [0.5, 0.6) is 0 Å². The van der Waals surface area contributed by atoms with Crippen LogP contribution in [0.2, 0.25) is 0 Å². The van der Waals surface area contributed by atoms with Crippen LogP contribution in [0.3, 0.4) is 0 Å². The Morgan fingerprint density at radius 2 is 2.18 bits per heavy atom. The quantitative estimate of drug-likeness (QED) is 0.542. The molecule has 0 unspecified atom stereocenters. The summed E-state index contributed by atoms with van der Waals surface area (Å²) in [5, 5.41) is 7.56. The summed E-state index contributed by atoms with van der Waals surface area (Å²) in [4.78, 5) is 10.4. The highest BCUT2D eigenvalue weighted by Gasteiger charge is 2.63. The molecule has 0 spiro atoms. The Morgan fingerprint density at radius 3 is 2.27 bits per heavy atom. The number of hydrogen-bond donors (Lipinski definition) is 2. The number of hydrogen-bond acceptors (Lipinski definition) is 4. The molecule has 1 rings (SSSR count). The molecule has 0 aromatic carbocycles. The molecular formula is C5H9NO4S. The minimum atomic E-state index is -3.29. The molecule has 0 radical (unpaired) electrons. The molecular weight excluding hydrogens is 170 g/mol. The highest BCUT2D eigenvalue weighted by Crippen LogP contribution is 2.39. The Labute approximate surface area is 64.1 Å². The smallest absolute Gasteiger partial charge is 0.325 e. The van der Waals surface area contributed by atoms with Crippen LogP contribution in [-0.4, -0.2) is 36.5 Å². The van der Waals surface area contributed by atoms with E-state index in [1.165, 1.54) is 0 Å². The van der Waals surface area contributed by atoms with Crippen LogP contribution >= 0.6 is 0 Å². The van der Waals surface area contributed by atoms with Crippen LogP contribution in [0.4, 0.5) is 0 Å². The van der Waals surface area contributed by atoms with Crippen molar-refractivity contribution in [2.75, 3.05) is 6.26 Å². The van der Waals surface area contributed by atoms with Gasteiger partial charge in [-0.15, -0.1) is 0 Å². The minimum absolute atomic E-state index is 0.0289. The van der Waals surface area contributed by atoms with Gasteiger partial charge >= 0.3 is 5.97 Å². The molecule has 6 heteroatoms. The highest BCUT2D eigenvalue weighted by molar-refractivity contribution is 7.91. The van der Waals surface area contributed by atoms with Crippen molar-refractivity contribution in [3.05, 3.63) is 0 Å². The van der Waals surface area contributed by atoms with Gasteiger partial charge in [0.1, 0.15) is 5.54 Å². The third-order valence-electron chi connectivity index (χ3n) is 1.85. The summed E-state index contributed by atoms with van der Waals surface area (Å²) in [6, 6.07) is 0. The molecule has 3 N–H and O–H groups in total. The second-order valence-corrected chi connectivity index (χ2v) is 5.10. The van der Waals surface area contributed by atoms with Gasteiger partial charge in [0.15, 0.2) is 9.84 Å². The van der Waals surface area contributed by atoms with Gasteiger partial charge in [-0.3, -0.25) is 4.79 Å². The van der Waals surface area contributed by atoms with E-state index in [9.17, 15) is 13.2 Å². The zero-order chi connectivity index (χ0) is 8.86. The molecule has 1 fully saturated rings. The van der Waals surface area contributed by atoms with Gasteiger partial charge in [0, 0.05) is 6.26 Å². The third kappa shape index (κ3) is 1.23. The predicted molar refractivity (Wildman–Crippen MR) is 37.8 cm³/mol. The SMILES string of the molecule is CS(=O)(=O)[C@H]1C[C@]1(N)C(=O)O. The molecule has 5 nitrogen and oxygen atoms in total. The van der Waals surface area contributed by atoms with Gasteiger partial charge in [-0.2, -0.15) is 0 Å². The summed E-state index contributed by atoms with van der Waals surface area (Å²) in [6.07, 6.45) is 1.02. The number of sulfone groups is 1. The molecule has 0 heterocycles. The van der Waals surface area contributed by atoms with Gasteiger partial charge < -0.3 is 10.8 Å². The van der Waals surface area contributed by atoms with Crippen LogP contribution in [0.25, 0.3) is 0 Å². The van der Waals surface area contributed by atoms with E-state index < -0.39 is 26.6 Å². The van der Waals surface area contributed by atoms with Gasteiger partial charge in [0.2, 0.25) is 0 Å². The Hall–Kier alpha value is -0.620. The van der Waals surface area contributed by atoms with Crippen LogP contribution < -0.4 is 5.73 Å². The maximum absolute atomic E-state index is 10.8. The Morgan fingerprint density at radius 1 is 1.73 bits per heavy atom. The number of rotatable bonds is 2. The summed E-state index contributed by atoms with van der Waals surface area (Å²) in [5.41, 5.74) is 3.72. The van der Waals surface area contributed by atoms with Gasteiger partial charge in [0.25, 0.3) is 0 Å². The summed E-state index contributed by atoms with van der Waals surface area (Å²) in [7, 11) is -3.29. The lowest BCUT2D eigenvalue weighted by Gasteiger charge is -2.01. The largest absolute Gasteiger partial charge is 0.480 e. The second kappa shape index (κ2) is 1.95. The van der Waals surface area contributed by atoms with Crippen molar-refractivity contribution in [2.24, 2.45) is 5.73 Å². The van der Waals surface area contributed by atoms with E-state index in [1.807, 2.05) is 0 Å². The molecule has 0 bridgehead atoms. The topological polar surface area (TPSA) is 97.5 Å². The molecule has 1 aliphatic carbocycles. The van der Waals surface area contributed by atoms with Gasteiger partial charge in [-0.1, -0.05) is 0 Å². The molecule has 0 saturated heterocycles. The highest BCUT2D eigenvalue weighted by atomic mass is 32.2. The van der Waals surface area contributed by atoms with Crippen LogP contribution in [0.1, 0.15) is 6.42 Å². The second-order valence-electron chi connectivity index (χ2n) is 2.87. The maximum Gasteiger partial charge on any atom is 0.325 e. The summed E-state index contributed by atoms with van der Waals surface area (Å²) < 4.78 is 21.5. The monoisotopic (exact) mass is 179 g/mol. The van der Waals surface area contributed by atoms with Crippen LogP contribution in [0, 0.1) is 0 Å². The fourth-order valence-corrected chi connectivity index (χ4v) is 2.45.